The lowest BCUT2D eigenvalue weighted by molar-refractivity contribution is -0.130. The third-order valence-corrected chi connectivity index (χ3v) is 5.87. The summed E-state index contributed by atoms with van der Waals surface area (Å²) in [5.74, 6) is 1.24. The molecule has 4 rings (SSSR count). The lowest BCUT2D eigenvalue weighted by Gasteiger charge is -2.43. The largest absolute Gasteiger partial charge is 0.464 e. The second-order valence-corrected chi connectivity index (χ2v) is 7.09. The lowest BCUT2D eigenvalue weighted by atomic mass is 9.85. The van der Waals surface area contributed by atoms with Gasteiger partial charge in [-0.15, -0.1) is 0 Å². The third kappa shape index (κ3) is 2.65. The van der Waals surface area contributed by atoms with Crippen LogP contribution in [0, 0.1) is 0 Å². The molecule has 0 radical (unpaired) electrons. The number of furan rings is 1. The minimum Gasteiger partial charge on any atom is -0.464 e. The predicted octanol–water partition coefficient (Wildman–Crippen LogP) is 3.53. The molecule has 0 atom stereocenters. The summed E-state index contributed by atoms with van der Waals surface area (Å²) in [7, 11) is 1.98. The lowest BCUT2D eigenvalue weighted by Crippen LogP contribution is -2.51. The summed E-state index contributed by atoms with van der Waals surface area (Å²) in [6.45, 7) is 3.03. The normalized spacial score (nSPS) is 20.9. The van der Waals surface area contributed by atoms with E-state index in [4.69, 9.17) is 4.42 Å². The van der Waals surface area contributed by atoms with Crippen LogP contribution in [0.4, 0.5) is 0 Å². The molecule has 1 amide bonds. The Kier molecular flexibility index (Phi) is 3.93. The van der Waals surface area contributed by atoms with Crippen LogP contribution in [0.15, 0.2) is 47.1 Å². The molecule has 1 aromatic carbocycles. The van der Waals surface area contributed by atoms with Crippen LogP contribution in [0.2, 0.25) is 0 Å². The molecule has 4 nitrogen and oxygen atoms in total. The van der Waals surface area contributed by atoms with Crippen molar-refractivity contribution in [3.63, 3.8) is 0 Å². The van der Waals surface area contributed by atoms with E-state index in [-0.39, 0.29) is 5.54 Å². The highest BCUT2D eigenvalue weighted by atomic mass is 16.3. The van der Waals surface area contributed by atoms with Gasteiger partial charge in [0.25, 0.3) is 0 Å². The Balaban J connectivity index is 1.46. The third-order valence-electron chi connectivity index (χ3n) is 5.87. The summed E-state index contributed by atoms with van der Waals surface area (Å²) in [5, 5.41) is 0. The van der Waals surface area contributed by atoms with Crippen LogP contribution < -0.4 is 0 Å². The van der Waals surface area contributed by atoms with Crippen LogP contribution in [0.5, 0.6) is 0 Å². The molecule has 2 saturated heterocycles. The average Bonchev–Trinajstić information content (AvgIpc) is 3.23. The van der Waals surface area contributed by atoms with Gasteiger partial charge in [-0.2, -0.15) is 0 Å². The minimum absolute atomic E-state index is 0.119. The first-order chi connectivity index (χ1) is 11.7. The zero-order chi connectivity index (χ0) is 16.6. The Morgan fingerprint density at radius 3 is 2.54 bits per heavy atom. The fourth-order valence-electron chi connectivity index (χ4n) is 4.22. The standard InChI is InChI=1S/C20H24N2O2/c1-21-19(23)8-9-20(21)10-12-22(13-11-20)15-16-5-2-3-6-17(16)18-7-4-14-24-18/h2-7,14H,8-13,15H2,1H3. The Bertz CT molecular complexity index is 715. The number of benzene rings is 1. The molecular formula is C20H24N2O2. The number of piperidine rings is 1. The number of hydrogen-bond acceptors (Lipinski definition) is 3. The summed E-state index contributed by atoms with van der Waals surface area (Å²) in [6.07, 6.45) is 5.64. The van der Waals surface area contributed by atoms with E-state index in [1.54, 1.807) is 6.26 Å². The van der Waals surface area contributed by atoms with Gasteiger partial charge in [0.05, 0.1) is 6.26 Å². The molecule has 2 aliphatic heterocycles. The summed E-state index contributed by atoms with van der Waals surface area (Å²) in [6, 6.07) is 12.4. The highest BCUT2D eigenvalue weighted by Crippen LogP contribution is 2.38. The quantitative estimate of drug-likeness (QED) is 0.866. The molecule has 0 N–H and O–H groups in total. The molecular weight excluding hydrogens is 300 g/mol. The average molecular weight is 324 g/mol. The van der Waals surface area contributed by atoms with Crippen molar-refractivity contribution in [1.82, 2.24) is 9.80 Å². The highest BCUT2D eigenvalue weighted by Gasteiger charge is 2.44. The molecule has 3 heterocycles. The van der Waals surface area contributed by atoms with Crippen molar-refractivity contribution in [2.75, 3.05) is 20.1 Å². The van der Waals surface area contributed by atoms with E-state index in [2.05, 4.69) is 29.2 Å². The number of carbonyl (C=O) groups is 1. The van der Waals surface area contributed by atoms with Crippen molar-refractivity contribution in [1.29, 1.82) is 0 Å². The predicted molar refractivity (Wildman–Crippen MR) is 93.4 cm³/mol. The number of hydrogen-bond donors (Lipinski definition) is 0. The van der Waals surface area contributed by atoms with Gasteiger partial charge in [0.15, 0.2) is 0 Å². The van der Waals surface area contributed by atoms with Gasteiger partial charge in [0.1, 0.15) is 5.76 Å². The topological polar surface area (TPSA) is 36.7 Å². The number of carbonyl (C=O) groups excluding carboxylic acids is 1. The van der Waals surface area contributed by atoms with E-state index in [9.17, 15) is 4.79 Å². The SMILES string of the molecule is CN1C(=O)CCC12CCN(Cc1ccccc1-c1ccco1)CC2. The molecule has 0 bridgehead atoms. The van der Waals surface area contributed by atoms with Gasteiger partial charge in [0.2, 0.25) is 5.91 Å². The Hall–Kier alpha value is -2.07. The Labute approximate surface area is 143 Å². The van der Waals surface area contributed by atoms with Crippen molar-refractivity contribution >= 4 is 5.91 Å². The first-order valence-electron chi connectivity index (χ1n) is 8.79. The van der Waals surface area contributed by atoms with Crippen molar-refractivity contribution in [2.45, 2.75) is 37.8 Å². The second kappa shape index (κ2) is 6.10. The monoisotopic (exact) mass is 324 g/mol. The van der Waals surface area contributed by atoms with Crippen molar-refractivity contribution < 1.29 is 9.21 Å². The maximum atomic E-state index is 11.9. The molecule has 126 valence electrons. The Morgan fingerprint density at radius 2 is 1.88 bits per heavy atom. The van der Waals surface area contributed by atoms with Crippen LogP contribution in [-0.2, 0) is 11.3 Å². The van der Waals surface area contributed by atoms with Gasteiger partial charge in [0, 0.05) is 44.2 Å². The summed E-state index contributed by atoms with van der Waals surface area (Å²) in [4.78, 5) is 16.4. The molecule has 0 saturated carbocycles. The van der Waals surface area contributed by atoms with E-state index in [1.807, 2.05) is 24.1 Å². The smallest absolute Gasteiger partial charge is 0.222 e. The molecule has 1 spiro atoms. The molecule has 24 heavy (non-hydrogen) atoms. The minimum atomic E-state index is 0.119. The van der Waals surface area contributed by atoms with Crippen molar-refractivity contribution in [3.8, 4) is 11.3 Å². The van der Waals surface area contributed by atoms with Gasteiger partial charge in [-0.25, -0.2) is 0 Å². The fraction of sp³-hybridized carbons (Fsp3) is 0.450. The molecule has 2 aromatic rings. The van der Waals surface area contributed by atoms with E-state index < -0.39 is 0 Å². The molecule has 0 unspecified atom stereocenters. The fourth-order valence-corrected chi connectivity index (χ4v) is 4.22. The highest BCUT2D eigenvalue weighted by molar-refractivity contribution is 5.79. The Morgan fingerprint density at radius 1 is 1.08 bits per heavy atom. The summed E-state index contributed by atoms with van der Waals surface area (Å²) >= 11 is 0. The van der Waals surface area contributed by atoms with Gasteiger partial charge in [-0.1, -0.05) is 24.3 Å². The van der Waals surface area contributed by atoms with Crippen molar-refractivity contribution in [2.24, 2.45) is 0 Å². The van der Waals surface area contributed by atoms with Crippen LogP contribution >= 0.6 is 0 Å². The van der Waals surface area contributed by atoms with E-state index in [1.165, 1.54) is 11.1 Å². The van der Waals surface area contributed by atoms with E-state index in [0.717, 1.165) is 51.1 Å². The second-order valence-electron chi connectivity index (χ2n) is 7.09. The first-order valence-corrected chi connectivity index (χ1v) is 8.79. The zero-order valence-electron chi connectivity index (χ0n) is 14.2. The van der Waals surface area contributed by atoms with Crippen LogP contribution in [0.3, 0.4) is 0 Å². The summed E-state index contributed by atoms with van der Waals surface area (Å²) in [5.41, 5.74) is 2.60. The molecule has 0 aliphatic carbocycles. The molecule has 1 aromatic heterocycles. The van der Waals surface area contributed by atoms with E-state index in [0.29, 0.717) is 5.91 Å². The van der Waals surface area contributed by atoms with Crippen molar-refractivity contribution in [3.05, 3.63) is 48.2 Å². The number of nitrogens with zero attached hydrogens (tertiary/aromatic N) is 2. The van der Waals surface area contributed by atoms with E-state index >= 15 is 0 Å². The molecule has 2 fully saturated rings. The maximum Gasteiger partial charge on any atom is 0.222 e. The molecule has 2 aliphatic rings. The number of likely N-dealkylation sites (tertiary alicyclic amines) is 2. The number of rotatable bonds is 3. The molecule has 4 heteroatoms. The zero-order valence-corrected chi connectivity index (χ0v) is 14.2. The maximum absolute atomic E-state index is 11.9. The van der Waals surface area contributed by atoms with Gasteiger partial charge >= 0.3 is 0 Å². The van der Waals surface area contributed by atoms with Gasteiger partial charge in [-0.3, -0.25) is 9.69 Å². The number of amides is 1. The van der Waals surface area contributed by atoms with Crippen LogP contribution in [-0.4, -0.2) is 41.4 Å². The first kappa shape index (κ1) is 15.5. The summed E-state index contributed by atoms with van der Waals surface area (Å²) < 4.78 is 5.59. The van der Waals surface area contributed by atoms with Gasteiger partial charge < -0.3 is 9.32 Å². The van der Waals surface area contributed by atoms with Crippen LogP contribution in [0.1, 0.15) is 31.2 Å². The van der Waals surface area contributed by atoms with Crippen LogP contribution in [0.25, 0.3) is 11.3 Å². The van der Waals surface area contributed by atoms with Gasteiger partial charge in [-0.05, 0) is 37.0 Å².